The molecule has 1 N–H and O–H groups in total. The van der Waals surface area contributed by atoms with E-state index in [4.69, 9.17) is 9.15 Å². The maximum atomic E-state index is 14.1. The van der Waals surface area contributed by atoms with Crippen molar-refractivity contribution in [1.29, 1.82) is 0 Å². The lowest BCUT2D eigenvalue weighted by Gasteiger charge is -2.16. The molecule has 1 aliphatic rings. The zero-order valence-corrected chi connectivity index (χ0v) is 19.9. The number of carbonyl (C=O) groups is 3. The van der Waals surface area contributed by atoms with Crippen molar-refractivity contribution in [2.24, 2.45) is 0 Å². The number of anilines is 1. The number of methoxy groups -OCH3 is 1. The molecule has 1 saturated heterocycles. The minimum atomic E-state index is -0.664. The van der Waals surface area contributed by atoms with Gasteiger partial charge in [0.25, 0.3) is 5.91 Å². The molecule has 9 nitrogen and oxygen atoms in total. The van der Waals surface area contributed by atoms with Crippen LogP contribution in [0.25, 0.3) is 6.08 Å². The fourth-order valence-electron chi connectivity index (χ4n) is 3.52. The lowest BCUT2D eigenvalue weighted by molar-refractivity contribution is -0.123. The number of amides is 3. The average Bonchev–Trinajstić information content (AvgIpc) is 3.44. The van der Waals surface area contributed by atoms with E-state index in [0.717, 1.165) is 10.6 Å². The van der Waals surface area contributed by atoms with E-state index >= 15 is 0 Å². The van der Waals surface area contributed by atoms with Crippen LogP contribution in [0.2, 0.25) is 0 Å². The number of urea groups is 1. The SMILES string of the molecule is COC(=O)c1ccc(CN2C(=O)NC(=Cc3ccc(N(C)C)cc3OCc3ccccc3F)C2=O)o1. The minimum Gasteiger partial charge on any atom is -0.488 e. The molecule has 186 valence electrons. The predicted molar refractivity (Wildman–Crippen MR) is 129 cm³/mol. The van der Waals surface area contributed by atoms with Crippen LogP contribution in [0.5, 0.6) is 5.75 Å². The van der Waals surface area contributed by atoms with Crippen molar-refractivity contribution in [3.63, 3.8) is 0 Å². The van der Waals surface area contributed by atoms with Gasteiger partial charge in [0.2, 0.25) is 5.76 Å². The van der Waals surface area contributed by atoms with E-state index in [-0.39, 0.29) is 36.2 Å². The first-order valence-electron chi connectivity index (χ1n) is 11.0. The van der Waals surface area contributed by atoms with Gasteiger partial charge in [-0.2, -0.15) is 0 Å². The van der Waals surface area contributed by atoms with E-state index < -0.39 is 17.9 Å². The summed E-state index contributed by atoms with van der Waals surface area (Å²) < 4.78 is 30.0. The summed E-state index contributed by atoms with van der Waals surface area (Å²) in [4.78, 5) is 39.9. The van der Waals surface area contributed by atoms with Gasteiger partial charge in [-0.1, -0.05) is 18.2 Å². The monoisotopic (exact) mass is 493 g/mol. The van der Waals surface area contributed by atoms with Crippen LogP contribution in [0.15, 0.2) is 64.7 Å². The van der Waals surface area contributed by atoms with Gasteiger partial charge in [-0.15, -0.1) is 0 Å². The van der Waals surface area contributed by atoms with Crippen LogP contribution in [-0.2, 0) is 22.7 Å². The van der Waals surface area contributed by atoms with Crippen molar-refractivity contribution < 1.29 is 32.7 Å². The summed E-state index contributed by atoms with van der Waals surface area (Å²) in [6.45, 7) is -0.192. The molecule has 3 aromatic rings. The Hall–Kier alpha value is -4.60. The Morgan fingerprint density at radius 3 is 2.64 bits per heavy atom. The molecule has 2 heterocycles. The van der Waals surface area contributed by atoms with E-state index in [1.807, 2.05) is 25.1 Å². The average molecular weight is 493 g/mol. The number of furan rings is 1. The van der Waals surface area contributed by atoms with Gasteiger partial charge in [0.05, 0.1) is 13.7 Å². The molecule has 2 aromatic carbocycles. The summed E-state index contributed by atoms with van der Waals surface area (Å²) >= 11 is 0. The molecule has 0 radical (unpaired) electrons. The third-order valence-electron chi connectivity index (χ3n) is 5.48. The number of carbonyl (C=O) groups excluding carboxylic acids is 3. The van der Waals surface area contributed by atoms with Gasteiger partial charge in [0.15, 0.2) is 0 Å². The highest BCUT2D eigenvalue weighted by molar-refractivity contribution is 6.14. The van der Waals surface area contributed by atoms with Crippen LogP contribution in [0.3, 0.4) is 0 Å². The number of benzene rings is 2. The molecule has 4 rings (SSSR count). The summed E-state index contributed by atoms with van der Waals surface area (Å²) in [6, 6.07) is 13.9. The van der Waals surface area contributed by atoms with Gasteiger partial charge in [-0.3, -0.25) is 9.69 Å². The standard InChI is InChI=1S/C26H24FN3O6/c1-29(2)18-9-8-16(23(13-18)35-15-17-6-4-5-7-20(17)27)12-21-24(31)30(26(33)28-21)14-19-10-11-22(36-19)25(32)34-3/h4-13H,14-15H2,1-3H3,(H,28,33). The highest BCUT2D eigenvalue weighted by Gasteiger charge is 2.34. The van der Waals surface area contributed by atoms with E-state index in [1.54, 1.807) is 30.3 Å². The van der Waals surface area contributed by atoms with Gasteiger partial charge in [0.1, 0.15) is 29.6 Å². The molecule has 10 heteroatoms. The topological polar surface area (TPSA) is 101 Å². The zero-order valence-electron chi connectivity index (χ0n) is 19.9. The van der Waals surface area contributed by atoms with Gasteiger partial charge < -0.3 is 24.1 Å². The molecule has 0 saturated carbocycles. The first kappa shape index (κ1) is 24.5. The summed E-state index contributed by atoms with van der Waals surface area (Å²) in [6.07, 6.45) is 1.50. The highest BCUT2D eigenvalue weighted by Crippen LogP contribution is 2.29. The molecule has 0 atom stereocenters. The second-order valence-corrected chi connectivity index (χ2v) is 8.13. The summed E-state index contributed by atoms with van der Waals surface area (Å²) in [5, 5.41) is 2.55. The van der Waals surface area contributed by atoms with Crippen LogP contribution in [0, 0.1) is 5.82 Å². The zero-order chi connectivity index (χ0) is 25.8. The number of halogens is 1. The molecule has 1 fully saturated rings. The molecule has 1 aromatic heterocycles. The molecule has 1 aliphatic heterocycles. The number of ether oxygens (including phenoxy) is 2. The van der Waals surface area contributed by atoms with Crippen molar-refractivity contribution in [2.75, 3.05) is 26.1 Å². The largest absolute Gasteiger partial charge is 0.488 e. The van der Waals surface area contributed by atoms with Crippen molar-refractivity contribution in [3.8, 4) is 5.75 Å². The number of hydrogen-bond donors (Lipinski definition) is 1. The Morgan fingerprint density at radius 1 is 1.14 bits per heavy atom. The van der Waals surface area contributed by atoms with Gasteiger partial charge in [0, 0.05) is 37.0 Å². The number of imide groups is 1. The Labute approximate surface area is 206 Å². The summed E-state index contributed by atoms with van der Waals surface area (Å²) in [5.41, 5.74) is 1.78. The number of rotatable bonds is 8. The second kappa shape index (κ2) is 10.3. The normalized spacial score (nSPS) is 14.2. The smallest absolute Gasteiger partial charge is 0.373 e. The van der Waals surface area contributed by atoms with Crippen molar-refractivity contribution in [1.82, 2.24) is 10.2 Å². The lowest BCUT2D eigenvalue weighted by Crippen LogP contribution is -2.30. The van der Waals surface area contributed by atoms with Crippen LogP contribution >= 0.6 is 0 Å². The minimum absolute atomic E-state index is 0.0207. The molecule has 0 unspecified atom stereocenters. The van der Waals surface area contributed by atoms with Crippen LogP contribution < -0.4 is 15.0 Å². The van der Waals surface area contributed by atoms with Crippen LogP contribution in [0.1, 0.15) is 27.4 Å². The van der Waals surface area contributed by atoms with Gasteiger partial charge in [-0.05, 0) is 36.4 Å². The van der Waals surface area contributed by atoms with E-state index in [2.05, 4.69) is 10.1 Å². The number of hydrogen-bond acceptors (Lipinski definition) is 7. The molecular formula is C26H24FN3O6. The molecular weight excluding hydrogens is 469 g/mol. The fraction of sp³-hybridized carbons (Fsp3) is 0.192. The van der Waals surface area contributed by atoms with E-state index in [1.165, 1.54) is 31.4 Å². The molecule has 36 heavy (non-hydrogen) atoms. The Balaban J connectivity index is 1.57. The Bertz CT molecular complexity index is 1350. The van der Waals surface area contributed by atoms with Crippen molar-refractivity contribution in [2.45, 2.75) is 13.2 Å². The number of nitrogens with one attached hydrogen (secondary N) is 1. The predicted octanol–water partition coefficient (Wildman–Crippen LogP) is 3.94. The number of esters is 1. The first-order valence-corrected chi connectivity index (χ1v) is 11.0. The quantitative estimate of drug-likeness (QED) is 0.288. The maximum absolute atomic E-state index is 14.1. The van der Waals surface area contributed by atoms with Crippen molar-refractivity contribution in [3.05, 3.63) is 88.8 Å². The maximum Gasteiger partial charge on any atom is 0.373 e. The van der Waals surface area contributed by atoms with Crippen LogP contribution in [-0.4, -0.2) is 44.0 Å². The summed E-state index contributed by atoms with van der Waals surface area (Å²) in [7, 11) is 4.96. The van der Waals surface area contributed by atoms with E-state index in [9.17, 15) is 18.8 Å². The Morgan fingerprint density at radius 2 is 1.92 bits per heavy atom. The van der Waals surface area contributed by atoms with Gasteiger partial charge >= 0.3 is 12.0 Å². The molecule has 0 spiro atoms. The van der Waals surface area contributed by atoms with Crippen molar-refractivity contribution >= 4 is 29.7 Å². The molecule has 0 aliphatic carbocycles. The third kappa shape index (κ3) is 5.22. The second-order valence-electron chi connectivity index (χ2n) is 8.13. The molecule has 0 bridgehead atoms. The first-order chi connectivity index (χ1) is 17.3. The fourth-order valence-corrected chi connectivity index (χ4v) is 3.52. The van der Waals surface area contributed by atoms with E-state index in [0.29, 0.717) is 16.9 Å². The van der Waals surface area contributed by atoms with Gasteiger partial charge in [-0.25, -0.2) is 14.0 Å². The third-order valence-corrected chi connectivity index (χ3v) is 5.48. The lowest BCUT2D eigenvalue weighted by atomic mass is 10.1. The highest BCUT2D eigenvalue weighted by atomic mass is 19.1. The van der Waals surface area contributed by atoms with Crippen LogP contribution in [0.4, 0.5) is 14.9 Å². The molecule has 3 amide bonds. The Kier molecular flexibility index (Phi) is 7.05. The number of nitrogens with zero attached hydrogens (tertiary/aromatic N) is 2. The summed E-state index contributed by atoms with van der Waals surface area (Å²) in [5.74, 6) is -1.01.